The molecular weight excluding hydrogens is 334 g/mol. The minimum absolute atomic E-state index is 0.443. The zero-order chi connectivity index (χ0) is 14.3. The molecule has 3 rings (SSSR count). The molecule has 5 heteroatoms. The van der Waals surface area contributed by atoms with Gasteiger partial charge in [0.1, 0.15) is 4.99 Å². The maximum absolute atomic E-state index is 5.72. The number of anilines is 1. The molecule has 0 spiro atoms. The third kappa shape index (κ3) is 2.59. The summed E-state index contributed by atoms with van der Waals surface area (Å²) in [6.07, 6.45) is 3.94. The second-order valence-electron chi connectivity index (χ2n) is 5.81. The molecule has 2 atom stereocenters. The standard InChI is InChI=1S/C15H20BrN3S/c1-18-10-2-3-12(18)9-19(7-6-10)11-4-5-13(15(17)20)14(16)8-11/h4-5,8,10,12H,2-3,6-7,9H2,1H3,(H2,17,20). The summed E-state index contributed by atoms with van der Waals surface area (Å²) in [4.78, 5) is 5.51. The summed E-state index contributed by atoms with van der Waals surface area (Å²) < 4.78 is 0.991. The van der Waals surface area contributed by atoms with Crippen LogP contribution in [0.15, 0.2) is 22.7 Å². The molecule has 1 aromatic rings. The van der Waals surface area contributed by atoms with Crippen LogP contribution in [0.2, 0.25) is 0 Å². The predicted octanol–water partition coefficient (Wildman–Crippen LogP) is 2.76. The Hall–Kier alpha value is -0.650. The second-order valence-corrected chi connectivity index (χ2v) is 7.11. The van der Waals surface area contributed by atoms with Gasteiger partial charge in [0.2, 0.25) is 0 Å². The normalized spacial score (nSPS) is 26.6. The van der Waals surface area contributed by atoms with Crippen LogP contribution in [0.4, 0.5) is 5.69 Å². The Morgan fingerprint density at radius 2 is 2.05 bits per heavy atom. The van der Waals surface area contributed by atoms with E-state index < -0.39 is 0 Å². The van der Waals surface area contributed by atoms with Crippen molar-refractivity contribution in [3.05, 3.63) is 28.2 Å². The minimum atomic E-state index is 0.443. The van der Waals surface area contributed by atoms with Crippen molar-refractivity contribution in [2.24, 2.45) is 5.73 Å². The summed E-state index contributed by atoms with van der Waals surface area (Å²) in [6, 6.07) is 7.77. The van der Waals surface area contributed by atoms with Gasteiger partial charge in [-0.05, 0) is 60.4 Å². The first-order valence-corrected chi connectivity index (χ1v) is 8.32. The van der Waals surface area contributed by atoms with Crippen molar-refractivity contribution in [3.63, 3.8) is 0 Å². The number of halogens is 1. The van der Waals surface area contributed by atoms with Crippen molar-refractivity contribution >= 4 is 38.8 Å². The first kappa shape index (κ1) is 14.3. The molecule has 2 bridgehead atoms. The topological polar surface area (TPSA) is 32.5 Å². The van der Waals surface area contributed by atoms with Gasteiger partial charge in [0.05, 0.1) is 0 Å². The zero-order valence-corrected chi connectivity index (χ0v) is 14.1. The van der Waals surface area contributed by atoms with E-state index in [2.05, 4.69) is 44.9 Å². The lowest BCUT2D eigenvalue weighted by Crippen LogP contribution is -2.36. The molecule has 20 heavy (non-hydrogen) atoms. The highest BCUT2D eigenvalue weighted by molar-refractivity contribution is 9.10. The number of hydrogen-bond acceptors (Lipinski definition) is 3. The Bertz CT molecular complexity index is 534. The minimum Gasteiger partial charge on any atom is -0.389 e. The lowest BCUT2D eigenvalue weighted by atomic mass is 10.1. The summed E-state index contributed by atoms with van der Waals surface area (Å²) >= 11 is 8.64. The largest absolute Gasteiger partial charge is 0.389 e. The molecule has 2 heterocycles. The molecule has 2 saturated heterocycles. The SMILES string of the molecule is CN1C2CCC1CN(c1ccc(C(N)=S)c(Br)c1)CC2. The van der Waals surface area contributed by atoms with E-state index in [4.69, 9.17) is 18.0 Å². The van der Waals surface area contributed by atoms with E-state index >= 15 is 0 Å². The molecule has 108 valence electrons. The third-order valence-electron chi connectivity index (χ3n) is 4.73. The van der Waals surface area contributed by atoms with Gasteiger partial charge in [-0.25, -0.2) is 0 Å². The van der Waals surface area contributed by atoms with Gasteiger partial charge in [-0.2, -0.15) is 0 Å². The molecule has 0 aliphatic carbocycles. The van der Waals surface area contributed by atoms with Crippen molar-refractivity contribution in [3.8, 4) is 0 Å². The molecule has 0 aromatic heterocycles. The Balaban J connectivity index is 1.83. The van der Waals surface area contributed by atoms with Gasteiger partial charge < -0.3 is 10.6 Å². The van der Waals surface area contributed by atoms with E-state index in [1.165, 1.54) is 24.9 Å². The number of nitrogens with zero attached hydrogens (tertiary/aromatic N) is 2. The third-order valence-corrected chi connectivity index (χ3v) is 5.61. The van der Waals surface area contributed by atoms with E-state index in [1.54, 1.807) is 0 Å². The van der Waals surface area contributed by atoms with Gasteiger partial charge in [-0.3, -0.25) is 4.90 Å². The number of thiocarbonyl (C=S) groups is 1. The average Bonchev–Trinajstić information content (AvgIpc) is 2.62. The van der Waals surface area contributed by atoms with E-state index in [1.807, 2.05) is 6.07 Å². The summed E-state index contributed by atoms with van der Waals surface area (Å²) in [6.45, 7) is 2.25. The fourth-order valence-electron chi connectivity index (χ4n) is 3.44. The van der Waals surface area contributed by atoms with Gasteiger partial charge in [-0.1, -0.05) is 12.2 Å². The van der Waals surface area contributed by atoms with E-state index in [-0.39, 0.29) is 0 Å². The number of likely N-dealkylation sites (N-methyl/N-ethyl adjacent to an activating group) is 1. The van der Waals surface area contributed by atoms with E-state index in [9.17, 15) is 0 Å². The summed E-state index contributed by atoms with van der Waals surface area (Å²) in [5, 5.41) is 0. The quantitative estimate of drug-likeness (QED) is 0.828. The Morgan fingerprint density at radius 1 is 1.30 bits per heavy atom. The predicted molar refractivity (Wildman–Crippen MR) is 91.4 cm³/mol. The summed E-state index contributed by atoms with van der Waals surface area (Å²) in [5.74, 6) is 0. The highest BCUT2D eigenvalue weighted by Crippen LogP contribution is 2.32. The van der Waals surface area contributed by atoms with Crippen molar-refractivity contribution in [2.45, 2.75) is 31.3 Å². The summed E-state index contributed by atoms with van der Waals surface area (Å²) in [7, 11) is 2.28. The van der Waals surface area contributed by atoms with Gasteiger partial charge in [0.25, 0.3) is 0 Å². The first-order valence-electron chi connectivity index (χ1n) is 7.12. The first-order chi connectivity index (χ1) is 9.56. The Labute approximate surface area is 134 Å². The van der Waals surface area contributed by atoms with Crippen LogP contribution in [0.25, 0.3) is 0 Å². The van der Waals surface area contributed by atoms with E-state index in [0.29, 0.717) is 11.0 Å². The zero-order valence-electron chi connectivity index (χ0n) is 11.7. The molecule has 0 radical (unpaired) electrons. The molecule has 2 aliphatic rings. The lowest BCUT2D eigenvalue weighted by Gasteiger charge is -2.28. The molecule has 2 unspecified atom stereocenters. The highest BCUT2D eigenvalue weighted by Gasteiger charge is 2.34. The van der Waals surface area contributed by atoms with Crippen LogP contribution >= 0.6 is 28.1 Å². The van der Waals surface area contributed by atoms with Crippen LogP contribution in [0.1, 0.15) is 24.8 Å². The van der Waals surface area contributed by atoms with Crippen molar-refractivity contribution in [2.75, 3.05) is 25.0 Å². The molecule has 0 amide bonds. The van der Waals surface area contributed by atoms with Crippen LogP contribution in [0, 0.1) is 0 Å². The highest BCUT2D eigenvalue weighted by atomic mass is 79.9. The molecule has 2 fully saturated rings. The van der Waals surface area contributed by atoms with Gasteiger partial charge in [-0.15, -0.1) is 0 Å². The van der Waals surface area contributed by atoms with Gasteiger partial charge in [0.15, 0.2) is 0 Å². The Morgan fingerprint density at radius 3 is 2.75 bits per heavy atom. The summed E-state index contributed by atoms with van der Waals surface area (Å²) in [5.41, 5.74) is 7.89. The fourth-order valence-corrected chi connectivity index (χ4v) is 4.33. The van der Waals surface area contributed by atoms with Crippen molar-refractivity contribution in [1.82, 2.24) is 4.90 Å². The number of benzene rings is 1. The second kappa shape index (κ2) is 5.62. The number of fused-ring (bicyclic) bond motifs is 2. The van der Waals surface area contributed by atoms with Crippen LogP contribution < -0.4 is 10.6 Å². The van der Waals surface area contributed by atoms with Crippen LogP contribution in [0.5, 0.6) is 0 Å². The number of rotatable bonds is 2. The van der Waals surface area contributed by atoms with Gasteiger partial charge in [0, 0.05) is 40.9 Å². The lowest BCUT2D eigenvalue weighted by molar-refractivity contribution is 0.254. The molecule has 1 aromatic carbocycles. The van der Waals surface area contributed by atoms with E-state index in [0.717, 1.165) is 29.2 Å². The van der Waals surface area contributed by atoms with Crippen LogP contribution in [0.3, 0.4) is 0 Å². The molecule has 2 aliphatic heterocycles. The average molecular weight is 354 g/mol. The van der Waals surface area contributed by atoms with Crippen molar-refractivity contribution in [1.29, 1.82) is 0 Å². The van der Waals surface area contributed by atoms with Crippen LogP contribution in [-0.2, 0) is 0 Å². The van der Waals surface area contributed by atoms with Gasteiger partial charge >= 0.3 is 0 Å². The Kier molecular flexibility index (Phi) is 4.02. The molecular formula is C15H20BrN3S. The molecule has 2 N–H and O–H groups in total. The maximum Gasteiger partial charge on any atom is 0.105 e. The molecule has 0 saturated carbocycles. The van der Waals surface area contributed by atoms with Crippen molar-refractivity contribution < 1.29 is 0 Å². The monoisotopic (exact) mass is 353 g/mol. The fraction of sp³-hybridized carbons (Fsp3) is 0.533. The number of hydrogen-bond donors (Lipinski definition) is 1. The molecule has 3 nitrogen and oxygen atoms in total. The smallest absolute Gasteiger partial charge is 0.105 e. The maximum atomic E-state index is 5.72. The van der Waals surface area contributed by atoms with Crippen LogP contribution in [-0.4, -0.2) is 42.1 Å². The number of nitrogens with two attached hydrogens (primary N) is 1.